The lowest BCUT2D eigenvalue weighted by Gasteiger charge is -2.27. The van der Waals surface area contributed by atoms with E-state index in [1.165, 1.54) is 23.7 Å². The van der Waals surface area contributed by atoms with E-state index < -0.39 is 15.6 Å². The quantitative estimate of drug-likeness (QED) is 0.819. The van der Waals surface area contributed by atoms with Gasteiger partial charge in [0.1, 0.15) is 4.90 Å². The second-order valence-electron chi connectivity index (χ2n) is 5.18. The number of nitrogens with one attached hydrogen (secondary N) is 1. The maximum Gasteiger partial charge on any atom is 0.245 e. The average molecular weight is 300 g/mol. The summed E-state index contributed by atoms with van der Waals surface area (Å²) in [7, 11) is -0.541. The van der Waals surface area contributed by atoms with Crippen molar-refractivity contribution in [3.63, 3.8) is 0 Å². The molecule has 1 aliphatic carbocycles. The molecule has 0 radical (unpaired) electrons. The number of aliphatic hydroxyl groups is 1. The summed E-state index contributed by atoms with van der Waals surface area (Å²) < 4.78 is 25.9. The molecule has 0 atom stereocenters. The summed E-state index contributed by atoms with van der Waals surface area (Å²) in [5, 5.41) is 13.0. The maximum atomic E-state index is 12.4. The number of nitrogens with zero attached hydrogens (tertiary/aromatic N) is 3. The Morgan fingerprint density at radius 3 is 2.40 bits per heavy atom. The van der Waals surface area contributed by atoms with Crippen molar-refractivity contribution in [1.29, 1.82) is 0 Å². The molecular weight excluding hydrogens is 280 g/mol. The normalized spacial score (nSPS) is 18.4. The number of sulfonamides is 1. The summed E-state index contributed by atoms with van der Waals surface area (Å²) >= 11 is 0. The van der Waals surface area contributed by atoms with E-state index in [2.05, 4.69) is 15.3 Å². The van der Waals surface area contributed by atoms with Gasteiger partial charge in [-0.3, -0.25) is 0 Å². The van der Waals surface area contributed by atoms with Gasteiger partial charge in [0, 0.05) is 20.6 Å². The van der Waals surface area contributed by atoms with Crippen LogP contribution in [0.5, 0.6) is 0 Å². The van der Waals surface area contributed by atoms with Crippen LogP contribution in [0.15, 0.2) is 17.3 Å². The Morgan fingerprint density at radius 1 is 1.35 bits per heavy atom. The van der Waals surface area contributed by atoms with E-state index >= 15 is 0 Å². The Bertz CT molecular complexity index is 553. The van der Waals surface area contributed by atoms with Crippen molar-refractivity contribution in [2.24, 2.45) is 0 Å². The van der Waals surface area contributed by atoms with Crippen molar-refractivity contribution in [3.05, 3.63) is 12.4 Å². The minimum Gasteiger partial charge on any atom is -0.389 e. The number of anilines is 1. The van der Waals surface area contributed by atoms with Gasteiger partial charge in [-0.2, -0.15) is 4.31 Å². The van der Waals surface area contributed by atoms with Crippen LogP contribution in [0.1, 0.15) is 25.7 Å². The first-order chi connectivity index (χ1) is 9.37. The SMILES string of the molecule is CNc1ncc(S(=O)(=O)N(C)CC2(O)CCCC2)cn1. The van der Waals surface area contributed by atoms with E-state index in [1.807, 2.05) is 0 Å². The molecule has 2 N–H and O–H groups in total. The first-order valence-corrected chi connectivity index (χ1v) is 8.00. The Labute approximate surface area is 119 Å². The van der Waals surface area contributed by atoms with Crippen molar-refractivity contribution in [2.45, 2.75) is 36.2 Å². The van der Waals surface area contributed by atoms with Crippen LogP contribution in [-0.2, 0) is 10.0 Å². The lowest BCUT2D eigenvalue weighted by Crippen LogP contribution is -2.42. The van der Waals surface area contributed by atoms with Gasteiger partial charge in [-0.1, -0.05) is 12.8 Å². The van der Waals surface area contributed by atoms with Crippen molar-refractivity contribution < 1.29 is 13.5 Å². The highest BCUT2D eigenvalue weighted by Crippen LogP contribution is 2.31. The molecule has 1 saturated carbocycles. The third kappa shape index (κ3) is 3.08. The van der Waals surface area contributed by atoms with E-state index in [-0.39, 0.29) is 11.4 Å². The van der Waals surface area contributed by atoms with Crippen molar-refractivity contribution in [1.82, 2.24) is 14.3 Å². The fourth-order valence-electron chi connectivity index (χ4n) is 2.45. The first-order valence-electron chi connectivity index (χ1n) is 6.56. The fraction of sp³-hybridized carbons (Fsp3) is 0.667. The molecule has 0 spiro atoms. The van der Waals surface area contributed by atoms with Crippen LogP contribution >= 0.6 is 0 Å². The lowest BCUT2D eigenvalue weighted by atomic mass is 10.0. The molecule has 1 aromatic heterocycles. The number of aromatic nitrogens is 2. The van der Waals surface area contributed by atoms with Crippen LogP contribution in [0.2, 0.25) is 0 Å². The number of hydrogen-bond donors (Lipinski definition) is 2. The number of likely N-dealkylation sites (N-methyl/N-ethyl adjacent to an activating group) is 1. The standard InChI is InChI=1S/C12H20N4O3S/c1-13-11-14-7-10(8-15-11)20(18,19)16(2)9-12(17)5-3-4-6-12/h7-8,17H,3-6,9H2,1-2H3,(H,13,14,15). The zero-order valence-electron chi connectivity index (χ0n) is 11.7. The van der Waals surface area contributed by atoms with E-state index in [9.17, 15) is 13.5 Å². The van der Waals surface area contributed by atoms with Crippen LogP contribution in [-0.4, -0.2) is 54.0 Å². The zero-order chi connectivity index (χ0) is 14.8. The van der Waals surface area contributed by atoms with Gasteiger partial charge in [0.25, 0.3) is 0 Å². The average Bonchev–Trinajstić information content (AvgIpc) is 2.85. The van der Waals surface area contributed by atoms with E-state index in [0.717, 1.165) is 12.8 Å². The summed E-state index contributed by atoms with van der Waals surface area (Å²) in [6.45, 7) is 0.100. The summed E-state index contributed by atoms with van der Waals surface area (Å²) in [6, 6.07) is 0. The molecule has 0 saturated heterocycles. The molecule has 0 aliphatic heterocycles. The molecule has 0 amide bonds. The molecule has 112 valence electrons. The molecular formula is C12H20N4O3S. The molecule has 7 nitrogen and oxygen atoms in total. The molecule has 1 aromatic rings. The highest BCUT2D eigenvalue weighted by Gasteiger charge is 2.35. The lowest BCUT2D eigenvalue weighted by molar-refractivity contribution is 0.0333. The summed E-state index contributed by atoms with van der Waals surface area (Å²) in [5.41, 5.74) is -0.909. The van der Waals surface area contributed by atoms with Crippen LogP contribution in [0.25, 0.3) is 0 Å². The molecule has 8 heteroatoms. The smallest absolute Gasteiger partial charge is 0.245 e. The van der Waals surface area contributed by atoms with Crippen molar-refractivity contribution >= 4 is 16.0 Å². The maximum absolute atomic E-state index is 12.4. The zero-order valence-corrected chi connectivity index (χ0v) is 12.5. The largest absolute Gasteiger partial charge is 0.389 e. The predicted molar refractivity (Wildman–Crippen MR) is 74.8 cm³/mol. The Kier molecular flexibility index (Phi) is 4.26. The minimum atomic E-state index is -3.67. The topological polar surface area (TPSA) is 95.4 Å². The summed E-state index contributed by atoms with van der Waals surface area (Å²) in [6.07, 6.45) is 5.69. The van der Waals surface area contributed by atoms with Gasteiger partial charge < -0.3 is 10.4 Å². The van der Waals surface area contributed by atoms with Gasteiger partial charge in [0.2, 0.25) is 16.0 Å². The van der Waals surface area contributed by atoms with Crippen molar-refractivity contribution in [3.8, 4) is 0 Å². The van der Waals surface area contributed by atoms with Gasteiger partial charge in [-0.05, 0) is 12.8 Å². The second-order valence-corrected chi connectivity index (χ2v) is 7.23. The predicted octanol–water partition coefficient (Wildman–Crippen LogP) is 0.444. The summed E-state index contributed by atoms with van der Waals surface area (Å²) in [4.78, 5) is 7.84. The van der Waals surface area contributed by atoms with E-state index in [4.69, 9.17) is 0 Å². The van der Waals surface area contributed by atoms with Crippen LogP contribution in [0, 0.1) is 0 Å². The third-order valence-corrected chi connectivity index (χ3v) is 5.37. The van der Waals surface area contributed by atoms with Crippen LogP contribution in [0.4, 0.5) is 5.95 Å². The van der Waals surface area contributed by atoms with E-state index in [1.54, 1.807) is 7.05 Å². The highest BCUT2D eigenvalue weighted by molar-refractivity contribution is 7.89. The molecule has 2 rings (SSSR count). The minimum absolute atomic E-state index is 0.0283. The monoisotopic (exact) mass is 300 g/mol. The van der Waals surface area contributed by atoms with Gasteiger partial charge >= 0.3 is 0 Å². The Hall–Kier alpha value is -1.25. The highest BCUT2D eigenvalue weighted by atomic mass is 32.2. The van der Waals surface area contributed by atoms with Gasteiger partial charge in [0.15, 0.2) is 0 Å². The Morgan fingerprint density at radius 2 is 1.90 bits per heavy atom. The number of hydrogen-bond acceptors (Lipinski definition) is 6. The van der Waals surface area contributed by atoms with Gasteiger partial charge in [-0.15, -0.1) is 0 Å². The molecule has 1 heterocycles. The Balaban J connectivity index is 2.15. The molecule has 20 heavy (non-hydrogen) atoms. The molecule has 1 aliphatic rings. The van der Waals surface area contributed by atoms with Crippen LogP contribution in [0.3, 0.4) is 0 Å². The summed E-state index contributed by atoms with van der Waals surface area (Å²) in [5.74, 6) is 0.362. The van der Waals surface area contributed by atoms with E-state index in [0.29, 0.717) is 18.8 Å². The molecule has 1 fully saturated rings. The molecule has 0 unspecified atom stereocenters. The van der Waals surface area contributed by atoms with Gasteiger partial charge in [-0.25, -0.2) is 18.4 Å². The van der Waals surface area contributed by atoms with Crippen LogP contribution < -0.4 is 5.32 Å². The first kappa shape index (κ1) is 15.1. The number of rotatable bonds is 5. The van der Waals surface area contributed by atoms with Gasteiger partial charge in [0.05, 0.1) is 18.0 Å². The second kappa shape index (κ2) is 5.63. The fourth-order valence-corrected chi connectivity index (χ4v) is 3.59. The van der Waals surface area contributed by atoms with Crippen molar-refractivity contribution in [2.75, 3.05) is 26.0 Å². The third-order valence-electron chi connectivity index (χ3n) is 3.61. The molecule has 0 aromatic carbocycles. The molecule has 0 bridgehead atoms.